The monoisotopic (exact) mass is 428 g/mol. The van der Waals surface area contributed by atoms with Crippen LogP contribution in [-0.2, 0) is 21.4 Å². The lowest BCUT2D eigenvalue weighted by atomic mass is 10.1. The molecule has 6 nitrogen and oxygen atoms in total. The Morgan fingerprint density at radius 3 is 2.50 bits per heavy atom. The van der Waals surface area contributed by atoms with Crippen LogP contribution in [0.3, 0.4) is 0 Å². The van der Waals surface area contributed by atoms with E-state index in [-0.39, 0.29) is 18.8 Å². The molecule has 1 amide bonds. The summed E-state index contributed by atoms with van der Waals surface area (Å²) in [6.45, 7) is 0.159. The van der Waals surface area contributed by atoms with Gasteiger partial charge >= 0.3 is 0 Å². The predicted octanol–water partition coefficient (Wildman–Crippen LogP) is 3.33. The molecule has 0 saturated carbocycles. The third-order valence-corrected chi connectivity index (χ3v) is 5.50. The first-order valence-electron chi connectivity index (χ1n) is 9.25. The van der Waals surface area contributed by atoms with E-state index in [0.29, 0.717) is 17.1 Å². The van der Waals surface area contributed by atoms with Gasteiger partial charge in [0.25, 0.3) is 0 Å². The molecule has 0 aliphatic rings. The molecule has 8 heteroatoms. The highest BCUT2D eigenvalue weighted by atomic mass is 32.2. The fourth-order valence-corrected chi connectivity index (χ4v) is 3.54. The van der Waals surface area contributed by atoms with Crippen LogP contribution in [0.5, 0.6) is 0 Å². The van der Waals surface area contributed by atoms with E-state index < -0.39 is 21.7 Å². The molecule has 0 radical (unpaired) electrons. The lowest BCUT2D eigenvalue weighted by Gasteiger charge is -2.07. The van der Waals surface area contributed by atoms with Crippen LogP contribution in [0, 0.1) is 5.82 Å². The summed E-state index contributed by atoms with van der Waals surface area (Å²) in [5.41, 5.74) is 1.18. The van der Waals surface area contributed by atoms with Crippen LogP contribution in [0.25, 0.3) is 17.4 Å². The molecule has 3 rings (SSSR count). The molecule has 0 saturated heterocycles. The summed E-state index contributed by atoms with van der Waals surface area (Å²) >= 11 is 0. The molecular formula is C22H21FN2O4S. The molecule has 1 heterocycles. The Bertz CT molecular complexity index is 1120. The van der Waals surface area contributed by atoms with Gasteiger partial charge in [-0.25, -0.2) is 17.5 Å². The molecule has 1 aromatic heterocycles. The predicted molar refractivity (Wildman–Crippen MR) is 113 cm³/mol. The van der Waals surface area contributed by atoms with Crippen molar-refractivity contribution in [3.05, 3.63) is 89.9 Å². The van der Waals surface area contributed by atoms with Gasteiger partial charge in [-0.3, -0.25) is 4.79 Å². The van der Waals surface area contributed by atoms with Crippen LogP contribution in [0.1, 0.15) is 11.3 Å². The SMILES string of the molecule is O=C(/C=C/c1ccc(-c2ccccc2F)o1)NCCS(=O)(=O)NCc1ccccc1. The highest BCUT2D eigenvalue weighted by Crippen LogP contribution is 2.25. The number of hydrogen-bond acceptors (Lipinski definition) is 4. The Balaban J connectivity index is 1.45. The summed E-state index contributed by atoms with van der Waals surface area (Å²) in [6, 6.07) is 18.6. The Kier molecular flexibility index (Phi) is 7.16. The normalized spacial score (nSPS) is 11.6. The number of furan rings is 1. The summed E-state index contributed by atoms with van der Waals surface area (Å²) in [6.07, 6.45) is 2.66. The number of carbonyl (C=O) groups is 1. The highest BCUT2D eigenvalue weighted by molar-refractivity contribution is 7.89. The van der Waals surface area contributed by atoms with Crippen LogP contribution < -0.4 is 10.0 Å². The zero-order valence-corrected chi connectivity index (χ0v) is 16.9. The van der Waals surface area contributed by atoms with Crippen molar-refractivity contribution in [2.45, 2.75) is 6.54 Å². The second-order valence-corrected chi connectivity index (χ2v) is 8.36. The number of carbonyl (C=O) groups excluding carboxylic acids is 1. The summed E-state index contributed by atoms with van der Waals surface area (Å²) in [7, 11) is -3.52. The van der Waals surface area contributed by atoms with Crippen LogP contribution in [0.4, 0.5) is 4.39 Å². The Morgan fingerprint density at radius 2 is 1.73 bits per heavy atom. The number of nitrogens with one attached hydrogen (secondary N) is 2. The van der Waals surface area contributed by atoms with Gasteiger partial charge < -0.3 is 9.73 Å². The van der Waals surface area contributed by atoms with E-state index in [2.05, 4.69) is 10.0 Å². The highest BCUT2D eigenvalue weighted by Gasteiger charge is 2.11. The van der Waals surface area contributed by atoms with Crippen LogP contribution >= 0.6 is 0 Å². The van der Waals surface area contributed by atoms with E-state index in [1.54, 1.807) is 30.3 Å². The molecular weight excluding hydrogens is 407 g/mol. The van der Waals surface area contributed by atoms with Gasteiger partial charge in [-0.15, -0.1) is 0 Å². The smallest absolute Gasteiger partial charge is 0.244 e. The minimum Gasteiger partial charge on any atom is -0.457 e. The number of hydrogen-bond donors (Lipinski definition) is 2. The molecule has 0 bridgehead atoms. The molecule has 3 aromatic rings. The van der Waals surface area contributed by atoms with Gasteiger partial charge in [0.05, 0.1) is 11.3 Å². The summed E-state index contributed by atoms with van der Waals surface area (Å²) < 4.78 is 45.8. The number of sulfonamides is 1. The van der Waals surface area contributed by atoms with E-state index in [0.717, 1.165) is 5.56 Å². The van der Waals surface area contributed by atoms with Crippen molar-refractivity contribution in [3.63, 3.8) is 0 Å². The lowest BCUT2D eigenvalue weighted by molar-refractivity contribution is -0.116. The van der Waals surface area contributed by atoms with Crippen molar-refractivity contribution in [3.8, 4) is 11.3 Å². The average molecular weight is 428 g/mol. The summed E-state index contributed by atoms with van der Waals surface area (Å²) in [4.78, 5) is 11.9. The third kappa shape index (κ3) is 6.40. The zero-order valence-electron chi connectivity index (χ0n) is 16.0. The fraction of sp³-hybridized carbons (Fsp3) is 0.136. The summed E-state index contributed by atoms with van der Waals surface area (Å²) in [5.74, 6) is -0.374. The van der Waals surface area contributed by atoms with Crippen molar-refractivity contribution in [2.24, 2.45) is 0 Å². The minimum atomic E-state index is -3.52. The maximum atomic E-state index is 13.8. The topological polar surface area (TPSA) is 88.4 Å². The van der Waals surface area contributed by atoms with Crippen molar-refractivity contribution in [1.82, 2.24) is 10.0 Å². The molecule has 30 heavy (non-hydrogen) atoms. The number of benzene rings is 2. The molecule has 0 aliphatic carbocycles. The van der Waals surface area contributed by atoms with Crippen molar-refractivity contribution in [2.75, 3.05) is 12.3 Å². The van der Waals surface area contributed by atoms with Crippen molar-refractivity contribution < 1.29 is 22.0 Å². The van der Waals surface area contributed by atoms with E-state index in [1.807, 2.05) is 30.3 Å². The first-order chi connectivity index (χ1) is 14.4. The van der Waals surface area contributed by atoms with Crippen LogP contribution in [-0.4, -0.2) is 26.6 Å². The molecule has 156 valence electrons. The number of halogens is 1. The lowest BCUT2D eigenvalue weighted by Crippen LogP contribution is -2.33. The fourth-order valence-electron chi connectivity index (χ4n) is 2.63. The molecule has 0 atom stereocenters. The second-order valence-electron chi connectivity index (χ2n) is 6.43. The molecule has 2 aromatic carbocycles. The Morgan fingerprint density at radius 1 is 1.00 bits per heavy atom. The van der Waals surface area contributed by atoms with Gasteiger partial charge in [-0.2, -0.15) is 0 Å². The average Bonchev–Trinajstić information content (AvgIpc) is 3.21. The summed E-state index contributed by atoms with van der Waals surface area (Å²) in [5, 5.41) is 2.51. The quantitative estimate of drug-likeness (QED) is 0.512. The first-order valence-corrected chi connectivity index (χ1v) is 10.9. The van der Waals surface area contributed by atoms with E-state index in [1.165, 1.54) is 18.2 Å². The van der Waals surface area contributed by atoms with Crippen LogP contribution in [0.2, 0.25) is 0 Å². The van der Waals surface area contributed by atoms with E-state index in [4.69, 9.17) is 4.42 Å². The maximum absolute atomic E-state index is 13.8. The third-order valence-electron chi connectivity index (χ3n) is 4.17. The van der Waals surface area contributed by atoms with Gasteiger partial charge in [0, 0.05) is 19.2 Å². The maximum Gasteiger partial charge on any atom is 0.244 e. The molecule has 0 aliphatic heterocycles. The largest absolute Gasteiger partial charge is 0.457 e. The van der Waals surface area contributed by atoms with E-state index >= 15 is 0 Å². The number of rotatable bonds is 9. The van der Waals surface area contributed by atoms with Gasteiger partial charge in [0.15, 0.2) is 0 Å². The Labute approximate surface area is 174 Å². The van der Waals surface area contributed by atoms with Gasteiger partial charge in [0.2, 0.25) is 15.9 Å². The molecule has 0 spiro atoms. The Hall–Kier alpha value is -3.23. The second kappa shape index (κ2) is 10.00. The minimum absolute atomic E-state index is 0.0358. The molecule has 0 fully saturated rings. The van der Waals surface area contributed by atoms with E-state index in [9.17, 15) is 17.6 Å². The van der Waals surface area contributed by atoms with Gasteiger partial charge in [0.1, 0.15) is 17.3 Å². The zero-order chi connectivity index (χ0) is 21.4. The molecule has 0 unspecified atom stereocenters. The first kappa shape index (κ1) is 21.5. The number of amides is 1. The molecule has 2 N–H and O–H groups in total. The van der Waals surface area contributed by atoms with Crippen molar-refractivity contribution in [1.29, 1.82) is 0 Å². The standard InChI is InChI=1S/C22H21FN2O4S/c23-20-9-5-4-8-19(20)21-12-10-18(29-21)11-13-22(26)24-14-15-30(27,28)25-16-17-6-2-1-3-7-17/h1-13,25H,14-16H2,(H,24,26)/b13-11+. The van der Waals surface area contributed by atoms with Gasteiger partial charge in [-0.1, -0.05) is 42.5 Å². The van der Waals surface area contributed by atoms with Gasteiger partial charge in [-0.05, 0) is 35.9 Å². The van der Waals surface area contributed by atoms with Crippen molar-refractivity contribution >= 4 is 22.0 Å². The van der Waals surface area contributed by atoms with Crippen LogP contribution in [0.15, 0.2) is 77.2 Å².